The summed E-state index contributed by atoms with van der Waals surface area (Å²) in [6.07, 6.45) is 0. The summed E-state index contributed by atoms with van der Waals surface area (Å²) in [6.45, 7) is 0.318. The van der Waals surface area contributed by atoms with Gasteiger partial charge in [-0.2, -0.15) is 10.00 Å². The monoisotopic (exact) mass is 102 g/mol. The largest absolute Gasteiger partial charge is 0.291 e. The van der Waals surface area contributed by atoms with Gasteiger partial charge in [0, 0.05) is 0 Å². The molecule has 0 N–H and O–H groups in total. The Morgan fingerprint density at radius 2 is 2.67 bits per heavy atom. The molecule has 0 saturated heterocycles. The summed E-state index contributed by atoms with van der Waals surface area (Å²) in [4.78, 5) is 13.5. The quantitative estimate of drug-likeness (QED) is 0.412. The Morgan fingerprint density at radius 3 is 2.83 bits per heavy atom. The molecule has 0 aromatic rings. The Labute approximate surface area is 36.7 Å². The topological polar surface area (TPSA) is 41.8 Å². The van der Waals surface area contributed by atoms with Gasteiger partial charge in [0.25, 0.3) is 0 Å². The second-order valence-electron chi connectivity index (χ2n) is 0.935. The molecule has 0 amide bonds. The van der Waals surface area contributed by atoms with Crippen molar-refractivity contribution in [1.29, 1.82) is 0 Å². The predicted octanol–water partition coefficient (Wildman–Crippen LogP) is 0.572. The van der Waals surface area contributed by atoms with E-state index in [1.54, 1.807) is 0 Å². The molecule has 0 fully saturated rings. The molecule has 1 unspecified atom stereocenters. The van der Waals surface area contributed by atoms with Crippen LogP contribution >= 0.6 is 8.73 Å². The van der Waals surface area contributed by atoms with E-state index in [0.717, 1.165) is 0 Å². The number of nitrogens with zero attached hydrogens (tertiary/aromatic N) is 2. The molecule has 1 aliphatic heterocycles. The van der Waals surface area contributed by atoms with Crippen LogP contribution in [-0.4, -0.2) is 12.1 Å². The maximum Gasteiger partial charge on any atom is 0.199 e. The Morgan fingerprint density at radius 1 is 1.83 bits per heavy atom. The van der Waals surface area contributed by atoms with E-state index in [1.165, 1.54) is 0 Å². The third kappa shape index (κ3) is 0.601. The molecule has 6 heavy (non-hydrogen) atoms. The van der Waals surface area contributed by atoms with Crippen molar-refractivity contribution in [3.05, 3.63) is 0 Å². The van der Waals surface area contributed by atoms with E-state index < -0.39 is 0 Å². The zero-order chi connectivity index (χ0) is 4.41. The Kier molecular flexibility index (Phi) is 0.926. The molecular weight excluding hydrogens is 99.0 g/mol. The molecule has 1 aliphatic rings. The van der Waals surface area contributed by atoms with E-state index in [9.17, 15) is 4.79 Å². The summed E-state index contributed by atoms with van der Waals surface area (Å²) < 4.78 is 0. The van der Waals surface area contributed by atoms with Crippen LogP contribution in [0.2, 0.25) is 0 Å². The van der Waals surface area contributed by atoms with E-state index in [1.807, 2.05) is 0 Å². The second kappa shape index (κ2) is 1.43. The first-order valence-electron chi connectivity index (χ1n) is 1.55. The third-order valence-corrected chi connectivity index (χ3v) is 1.11. The van der Waals surface area contributed by atoms with Gasteiger partial charge in [-0.3, -0.25) is 4.79 Å². The Balaban J connectivity index is 2.52. The number of carbonyl (C=O) groups excluding carboxylic acids is 1. The molecule has 0 bridgehead atoms. The second-order valence-corrected chi connectivity index (χ2v) is 1.92. The van der Waals surface area contributed by atoms with Crippen LogP contribution in [-0.2, 0) is 4.79 Å². The van der Waals surface area contributed by atoms with Gasteiger partial charge in [-0.25, -0.2) is 0 Å². The van der Waals surface area contributed by atoms with Gasteiger partial charge in [-0.1, -0.05) is 0 Å². The smallest absolute Gasteiger partial charge is 0.199 e. The van der Waals surface area contributed by atoms with E-state index in [-0.39, 0.29) is 14.3 Å². The molecule has 0 aromatic heterocycles. The molecular formula is C2H3N2OP. The normalized spacial score (nSPS) is 23.7. The summed E-state index contributed by atoms with van der Waals surface area (Å²) >= 11 is 0. The Bertz CT molecular complexity index is 89.7. The van der Waals surface area contributed by atoms with Gasteiger partial charge in [-0.15, -0.1) is 0 Å². The van der Waals surface area contributed by atoms with Crippen LogP contribution < -0.4 is 0 Å². The fourth-order valence-corrected chi connectivity index (χ4v) is 0.620. The standard InChI is InChI=1S/C2H3N2OP/c5-2-1-3-4-6-2/h6H,1H2. The van der Waals surface area contributed by atoms with Gasteiger partial charge < -0.3 is 0 Å². The van der Waals surface area contributed by atoms with Crippen LogP contribution in [0, 0.1) is 0 Å². The van der Waals surface area contributed by atoms with E-state index >= 15 is 0 Å². The summed E-state index contributed by atoms with van der Waals surface area (Å²) in [5.41, 5.74) is 0.148. The van der Waals surface area contributed by atoms with Gasteiger partial charge in [-0.05, 0) is 0 Å². The first kappa shape index (κ1) is 3.88. The van der Waals surface area contributed by atoms with E-state index in [0.29, 0.717) is 6.54 Å². The van der Waals surface area contributed by atoms with Crippen molar-refractivity contribution in [3.8, 4) is 0 Å². The number of rotatable bonds is 0. The van der Waals surface area contributed by atoms with E-state index in [2.05, 4.69) is 10.00 Å². The van der Waals surface area contributed by atoms with Crippen molar-refractivity contribution in [2.75, 3.05) is 6.54 Å². The minimum Gasteiger partial charge on any atom is -0.291 e. The molecule has 32 valence electrons. The number of carbonyl (C=O) groups is 1. The molecule has 4 heteroatoms. The van der Waals surface area contributed by atoms with Crippen LogP contribution in [0.5, 0.6) is 0 Å². The van der Waals surface area contributed by atoms with Crippen LogP contribution in [0.4, 0.5) is 0 Å². The van der Waals surface area contributed by atoms with Crippen molar-refractivity contribution in [1.82, 2.24) is 0 Å². The first-order chi connectivity index (χ1) is 2.89. The molecule has 0 aromatic carbocycles. The lowest BCUT2D eigenvalue weighted by Gasteiger charge is -1.67. The number of hydrogen-bond acceptors (Lipinski definition) is 3. The summed E-state index contributed by atoms with van der Waals surface area (Å²) in [5.74, 6) is 0. The molecule has 0 radical (unpaired) electrons. The molecule has 0 saturated carbocycles. The first-order valence-corrected chi connectivity index (χ1v) is 2.49. The predicted molar refractivity (Wildman–Crippen MR) is 23.0 cm³/mol. The lowest BCUT2D eigenvalue weighted by molar-refractivity contribution is -0.109. The lowest BCUT2D eigenvalue weighted by Crippen LogP contribution is -1.83. The van der Waals surface area contributed by atoms with Crippen molar-refractivity contribution < 1.29 is 4.79 Å². The summed E-state index contributed by atoms with van der Waals surface area (Å²) in [6, 6.07) is 0. The zero-order valence-corrected chi connectivity index (χ0v) is 4.01. The van der Waals surface area contributed by atoms with Crippen LogP contribution in [0.15, 0.2) is 10.00 Å². The average molecular weight is 102 g/mol. The highest BCUT2D eigenvalue weighted by atomic mass is 31.1. The maximum atomic E-state index is 10.1. The van der Waals surface area contributed by atoms with E-state index in [4.69, 9.17) is 0 Å². The van der Waals surface area contributed by atoms with Gasteiger partial charge in [0.1, 0.15) is 6.54 Å². The van der Waals surface area contributed by atoms with Crippen LogP contribution in [0.25, 0.3) is 0 Å². The molecule has 1 rings (SSSR count). The molecule has 3 nitrogen and oxygen atoms in total. The van der Waals surface area contributed by atoms with Gasteiger partial charge >= 0.3 is 0 Å². The molecule has 1 atom stereocenters. The SMILES string of the molecule is O=C1CN=NP1. The van der Waals surface area contributed by atoms with Crippen molar-refractivity contribution >= 4 is 14.3 Å². The third-order valence-electron chi connectivity index (χ3n) is 0.460. The highest BCUT2D eigenvalue weighted by molar-refractivity contribution is 7.56. The average Bonchev–Trinajstić information content (AvgIpc) is 1.86. The lowest BCUT2D eigenvalue weighted by atomic mass is 10.8. The zero-order valence-electron chi connectivity index (χ0n) is 3.01. The van der Waals surface area contributed by atoms with Gasteiger partial charge in [0.2, 0.25) is 0 Å². The molecule has 0 spiro atoms. The highest BCUT2D eigenvalue weighted by Crippen LogP contribution is 2.19. The fourth-order valence-electron chi connectivity index (χ4n) is 0.226. The Hall–Kier alpha value is -0.300. The fraction of sp³-hybridized carbons (Fsp3) is 0.500. The van der Waals surface area contributed by atoms with Crippen LogP contribution in [0.1, 0.15) is 0 Å². The summed E-state index contributed by atoms with van der Waals surface area (Å²) in [7, 11) is 0.102. The molecule has 0 aliphatic carbocycles. The van der Waals surface area contributed by atoms with Crippen molar-refractivity contribution in [2.45, 2.75) is 0 Å². The summed E-state index contributed by atoms with van der Waals surface area (Å²) in [5, 5.41) is 3.45. The molecule has 1 heterocycles. The van der Waals surface area contributed by atoms with Gasteiger partial charge in [0.05, 0.1) is 8.73 Å². The highest BCUT2D eigenvalue weighted by Gasteiger charge is 2.03. The minimum atomic E-state index is 0.102. The van der Waals surface area contributed by atoms with Crippen molar-refractivity contribution in [3.63, 3.8) is 0 Å². The van der Waals surface area contributed by atoms with Crippen molar-refractivity contribution in [2.24, 2.45) is 10.00 Å². The minimum absolute atomic E-state index is 0.102. The van der Waals surface area contributed by atoms with Crippen LogP contribution in [0.3, 0.4) is 0 Å². The maximum absolute atomic E-state index is 10.1. The number of hydrogen-bond donors (Lipinski definition) is 0. The van der Waals surface area contributed by atoms with Gasteiger partial charge in [0.15, 0.2) is 5.52 Å².